The second-order valence-corrected chi connectivity index (χ2v) is 2.64. The number of allylic oxidation sites excluding steroid dienone is 1. The first-order valence-electron chi connectivity index (χ1n) is 4.22. The molecule has 1 aromatic carbocycles. The predicted molar refractivity (Wildman–Crippen MR) is 54.5 cm³/mol. The summed E-state index contributed by atoms with van der Waals surface area (Å²) >= 11 is 0. The van der Waals surface area contributed by atoms with Crippen molar-refractivity contribution < 1.29 is 0 Å². The van der Waals surface area contributed by atoms with Crippen LogP contribution in [0.1, 0.15) is 12.5 Å². The van der Waals surface area contributed by atoms with Crippen LogP contribution < -0.4 is 5.32 Å². The topological polar surface area (TPSA) is 35.8 Å². The molecule has 0 heterocycles. The van der Waals surface area contributed by atoms with Crippen LogP contribution in [0.5, 0.6) is 0 Å². The Morgan fingerprint density at radius 2 is 2.08 bits per heavy atom. The Balaban J connectivity index is 2.55. The highest BCUT2D eigenvalue weighted by Crippen LogP contribution is 2.07. The minimum Gasteiger partial charge on any atom is -0.382 e. The Labute approximate surface area is 78.5 Å². The van der Waals surface area contributed by atoms with E-state index in [0.717, 1.165) is 12.2 Å². The molecule has 0 amide bonds. The Morgan fingerprint density at radius 3 is 2.62 bits per heavy atom. The fourth-order valence-corrected chi connectivity index (χ4v) is 0.957. The second kappa shape index (κ2) is 5.00. The lowest BCUT2D eigenvalue weighted by Crippen LogP contribution is -1.97. The van der Waals surface area contributed by atoms with Crippen LogP contribution in [0.4, 0.5) is 5.69 Å². The normalized spacial score (nSPS) is 9.85. The van der Waals surface area contributed by atoms with Crippen molar-refractivity contribution >= 4 is 5.69 Å². The molecule has 0 aliphatic heterocycles. The lowest BCUT2D eigenvalue weighted by atomic mass is 10.2. The fraction of sp³-hybridized carbons (Fsp3) is 0.182. The van der Waals surface area contributed by atoms with Crippen molar-refractivity contribution in [3.63, 3.8) is 0 Å². The van der Waals surface area contributed by atoms with Crippen molar-refractivity contribution in [2.45, 2.75) is 6.92 Å². The quantitative estimate of drug-likeness (QED) is 0.711. The highest BCUT2D eigenvalue weighted by molar-refractivity contribution is 5.47. The van der Waals surface area contributed by atoms with Gasteiger partial charge in [0, 0.05) is 12.2 Å². The molecule has 0 saturated carbocycles. The fourth-order valence-electron chi connectivity index (χ4n) is 0.957. The highest BCUT2D eigenvalue weighted by Gasteiger charge is 1.90. The molecule has 0 bridgehead atoms. The molecule has 0 aromatic heterocycles. The minimum atomic E-state index is 0.691. The lowest BCUT2D eigenvalue weighted by Gasteiger charge is -2.01. The summed E-state index contributed by atoms with van der Waals surface area (Å²) in [6, 6.07) is 9.50. The standard InChI is InChI=1S/C11H12N2/c1-2-3-8-13-11-6-4-10(9-12)5-7-11/h2-7,13H,8H2,1H3/b3-2+. The van der Waals surface area contributed by atoms with Gasteiger partial charge in [0.25, 0.3) is 0 Å². The number of hydrogen-bond donors (Lipinski definition) is 1. The van der Waals surface area contributed by atoms with Crippen LogP contribution in [0.3, 0.4) is 0 Å². The maximum Gasteiger partial charge on any atom is 0.0991 e. The minimum absolute atomic E-state index is 0.691. The third-order valence-electron chi connectivity index (χ3n) is 1.67. The molecule has 0 spiro atoms. The first-order valence-corrected chi connectivity index (χ1v) is 4.22. The summed E-state index contributed by atoms with van der Waals surface area (Å²) in [5.74, 6) is 0. The zero-order valence-electron chi connectivity index (χ0n) is 7.62. The van der Waals surface area contributed by atoms with Gasteiger partial charge in [0.2, 0.25) is 0 Å². The van der Waals surface area contributed by atoms with Crippen molar-refractivity contribution in [2.24, 2.45) is 0 Å². The lowest BCUT2D eigenvalue weighted by molar-refractivity contribution is 1.32. The van der Waals surface area contributed by atoms with E-state index >= 15 is 0 Å². The third-order valence-corrected chi connectivity index (χ3v) is 1.67. The van der Waals surface area contributed by atoms with Crippen LogP contribution in [-0.4, -0.2) is 6.54 Å². The van der Waals surface area contributed by atoms with Gasteiger partial charge in [-0.3, -0.25) is 0 Å². The molecule has 1 N–H and O–H groups in total. The van der Waals surface area contributed by atoms with Crippen molar-refractivity contribution in [3.8, 4) is 6.07 Å². The third kappa shape index (κ3) is 3.00. The van der Waals surface area contributed by atoms with Gasteiger partial charge >= 0.3 is 0 Å². The first-order chi connectivity index (χ1) is 6.36. The molecule has 0 aliphatic carbocycles. The summed E-state index contributed by atoms with van der Waals surface area (Å²) < 4.78 is 0. The molecule has 13 heavy (non-hydrogen) atoms. The van der Waals surface area contributed by atoms with Gasteiger partial charge in [-0.2, -0.15) is 5.26 Å². The van der Waals surface area contributed by atoms with E-state index in [2.05, 4.69) is 11.4 Å². The second-order valence-electron chi connectivity index (χ2n) is 2.64. The van der Waals surface area contributed by atoms with E-state index in [0.29, 0.717) is 5.56 Å². The molecule has 2 nitrogen and oxygen atoms in total. The van der Waals surface area contributed by atoms with Crippen LogP contribution in [-0.2, 0) is 0 Å². The number of nitriles is 1. The number of nitrogens with zero attached hydrogens (tertiary/aromatic N) is 1. The average molecular weight is 172 g/mol. The zero-order valence-corrected chi connectivity index (χ0v) is 7.62. The molecule has 2 heteroatoms. The predicted octanol–water partition coefficient (Wildman–Crippen LogP) is 2.55. The van der Waals surface area contributed by atoms with Gasteiger partial charge in [-0.05, 0) is 31.2 Å². The Morgan fingerprint density at radius 1 is 1.38 bits per heavy atom. The maximum absolute atomic E-state index is 8.56. The summed E-state index contributed by atoms with van der Waals surface area (Å²) in [5.41, 5.74) is 1.73. The molecule has 0 radical (unpaired) electrons. The molecule has 0 aliphatic rings. The number of anilines is 1. The summed E-state index contributed by atoms with van der Waals surface area (Å²) in [7, 11) is 0. The summed E-state index contributed by atoms with van der Waals surface area (Å²) in [5, 5.41) is 11.8. The number of rotatable bonds is 3. The molecule has 1 rings (SSSR count). The average Bonchev–Trinajstić information content (AvgIpc) is 2.19. The van der Waals surface area contributed by atoms with Gasteiger partial charge in [-0.1, -0.05) is 12.2 Å². The van der Waals surface area contributed by atoms with Gasteiger partial charge in [-0.15, -0.1) is 0 Å². The number of benzene rings is 1. The molecule has 0 saturated heterocycles. The van der Waals surface area contributed by atoms with Crippen molar-refractivity contribution in [1.29, 1.82) is 5.26 Å². The van der Waals surface area contributed by atoms with E-state index in [1.165, 1.54) is 0 Å². The van der Waals surface area contributed by atoms with Gasteiger partial charge < -0.3 is 5.32 Å². The SMILES string of the molecule is C/C=C/CNc1ccc(C#N)cc1. The molecule has 1 aromatic rings. The van der Waals surface area contributed by atoms with Gasteiger partial charge in [0.1, 0.15) is 0 Å². The summed E-state index contributed by atoms with van der Waals surface area (Å²) in [6.07, 6.45) is 4.04. The molecule has 0 fully saturated rings. The Kier molecular flexibility index (Phi) is 3.59. The monoisotopic (exact) mass is 172 g/mol. The molecule has 66 valence electrons. The van der Waals surface area contributed by atoms with E-state index in [1.54, 1.807) is 12.1 Å². The Bertz CT molecular complexity index is 317. The van der Waals surface area contributed by atoms with E-state index in [-0.39, 0.29) is 0 Å². The summed E-state index contributed by atoms with van der Waals surface area (Å²) in [6.45, 7) is 2.81. The van der Waals surface area contributed by atoms with E-state index in [1.807, 2.05) is 31.2 Å². The van der Waals surface area contributed by atoms with Crippen molar-refractivity contribution in [2.75, 3.05) is 11.9 Å². The van der Waals surface area contributed by atoms with Gasteiger partial charge in [0.15, 0.2) is 0 Å². The van der Waals surface area contributed by atoms with E-state index in [9.17, 15) is 0 Å². The molecule has 0 atom stereocenters. The number of nitrogens with one attached hydrogen (secondary N) is 1. The molecular weight excluding hydrogens is 160 g/mol. The van der Waals surface area contributed by atoms with Crippen LogP contribution in [0, 0.1) is 11.3 Å². The maximum atomic E-state index is 8.56. The largest absolute Gasteiger partial charge is 0.382 e. The van der Waals surface area contributed by atoms with Gasteiger partial charge in [-0.25, -0.2) is 0 Å². The van der Waals surface area contributed by atoms with E-state index < -0.39 is 0 Å². The van der Waals surface area contributed by atoms with Crippen LogP contribution >= 0.6 is 0 Å². The molecule has 0 unspecified atom stereocenters. The van der Waals surface area contributed by atoms with Crippen molar-refractivity contribution in [1.82, 2.24) is 0 Å². The molecular formula is C11H12N2. The van der Waals surface area contributed by atoms with Crippen LogP contribution in [0.25, 0.3) is 0 Å². The van der Waals surface area contributed by atoms with E-state index in [4.69, 9.17) is 5.26 Å². The zero-order chi connectivity index (χ0) is 9.52. The smallest absolute Gasteiger partial charge is 0.0991 e. The highest BCUT2D eigenvalue weighted by atomic mass is 14.8. The van der Waals surface area contributed by atoms with Crippen molar-refractivity contribution in [3.05, 3.63) is 42.0 Å². The Hall–Kier alpha value is -1.75. The summed E-state index contributed by atoms with van der Waals surface area (Å²) in [4.78, 5) is 0. The first kappa shape index (κ1) is 9.34. The van der Waals surface area contributed by atoms with Gasteiger partial charge in [0.05, 0.1) is 11.6 Å². The van der Waals surface area contributed by atoms with Crippen LogP contribution in [0.15, 0.2) is 36.4 Å². The van der Waals surface area contributed by atoms with Crippen LogP contribution in [0.2, 0.25) is 0 Å². The number of hydrogen-bond acceptors (Lipinski definition) is 2.